The van der Waals surface area contributed by atoms with Gasteiger partial charge in [-0.1, -0.05) is 54.6 Å². The number of para-hydroxylation sites is 1. The van der Waals surface area contributed by atoms with Gasteiger partial charge in [-0.15, -0.1) is 28.3 Å². The molecule has 1 heterocycles. The summed E-state index contributed by atoms with van der Waals surface area (Å²) in [5, 5.41) is 2.19. The van der Waals surface area contributed by atoms with E-state index in [-0.39, 0.29) is 17.0 Å². The second-order valence-electron chi connectivity index (χ2n) is 6.81. The maximum absolute atomic E-state index is 5.46. The number of benzene rings is 3. The van der Waals surface area contributed by atoms with Gasteiger partial charge in [0, 0.05) is 11.9 Å². The van der Waals surface area contributed by atoms with E-state index in [1.807, 2.05) is 48.5 Å². The normalized spacial score (nSPS) is 11.1. The SMILES string of the molecule is Br.COc1ccc(CCn2c(-c3ccccc3)csc2=Nc2ccccc2)cc1OC. The number of methoxy groups -OCH3 is 2. The monoisotopic (exact) mass is 496 g/mol. The molecule has 6 heteroatoms. The van der Waals surface area contributed by atoms with Crippen LogP contribution in [0.4, 0.5) is 5.69 Å². The van der Waals surface area contributed by atoms with Crippen molar-refractivity contribution in [2.75, 3.05) is 14.2 Å². The number of aromatic nitrogens is 1. The van der Waals surface area contributed by atoms with Gasteiger partial charge in [0.05, 0.1) is 25.6 Å². The zero-order valence-electron chi connectivity index (χ0n) is 17.5. The molecular weight excluding hydrogens is 472 g/mol. The zero-order valence-corrected chi connectivity index (χ0v) is 20.1. The van der Waals surface area contributed by atoms with Crippen molar-refractivity contribution in [1.82, 2.24) is 4.57 Å². The van der Waals surface area contributed by atoms with Crippen LogP contribution in [0, 0.1) is 0 Å². The third-order valence-electron chi connectivity index (χ3n) is 4.92. The molecule has 0 N–H and O–H groups in total. The molecule has 0 saturated carbocycles. The minimum absolute atomic E-state index is 0. The van der Waals surface area contributed by atoms with Gasteiger partial charge in [-0.2, -0.15) is 0 Å². The van der Waals surface area contributed by atoms with E-state index in [2.05, 4.69) is 40.3 Å². The van der Waals surface area contributed by atoms with Crippen LogP contribution < -0.4 is 14.3 Å². The first-order valence-electron chi connectivity index (χ1n) is 9.83. The summed E-state index contributed by atoms with van der Waals surface area (Å²) >= 11 is 1.67. The number of aryl methyl sites for hydroxylation is 1. The summed E-state index contributed by atoms with van der Waals surface area (Å²) in [6.45, 7) is 0.814. The highest BCUT2D eigenvalue weighted by Crippen LogP contribution is 2.28. The molecule has 0 amide bonds. The molecule has 0 unspecified atom stereocenters. The summed E-state index contributed by atoms with van der Waals surface area (Å²) in [7, 11) is 3.32. The molecule has 1 aromatic heterocycles. The fourth-order valence-corrected chi connectivity index (χ4v) is 4.32. The van der Waals surface area contributed by atoms with Crippen LogP contribution >= 0.6 is 28.3 Å². The van der Waals surface area contributed by atoms with Gasteiger partial charge in [-0.05, 0) is 41.8 Å². The minimum atomic E-state index is 0. The van der Waals surface area contributed by atoms with Gasteiger partial charge in [0.1, 0.15) is 0 Å². The fourth-order valence-electron chi connectivity index (χ4n) is 3.36. The largest absolute Gasteiger partial charge is 0.493 e. The summed E-state index contributed by atoms with van der Waals surface area (Å²) in [6.07, 6.45) is 0.860. The van der Waals surface area contributed by atoms with Crippen LogP contribution in [0.1, 0.15) is 5.56 Å². The lowest BCUT2D eigenvalue weighted by Gasteiger charge is -2.12. The summed E-state index contributed by atoms with van der Waals surface area (Å²) in [5.41, 5.74) is 4.51. The third kappa shape index (κ3) is 5.46. The van der Waals surface area contributed by atoms with Crippen molar-refractivity contribution in [2.24, 2.45) is 4.99 Å². The molecule has 3 aromatic carbocycles. The van der Waals surface area contributed by atoms with Crippen molar-refractivity contribution in [3.8, 4) is 22.8 Å². The van der Waals surface area contributed by atoms with Gasteiger partial charge < -0.3 is 14.0 Å². The van der Waals surface area contributed by atoms with E-state index < -0.39 is 0 Å². The number of nitrogens with zero attached hydrogens (tertiary/aromatic N) is 2. The van der Waals surface area contributed by atoms with Crippen molar-refractivity contribution in [2.45, 2.75) is 13.0 Å². The lowest BCUT2D eigenvalue weighted by molar-refractivity contribution is 0.354. The summed E-state index contributed by atoms with van der Waals surface area (Å²) in [5.74, 6) is 1.50. The fraction of sp³-hybridized carbons (Fsp3) is 0.160. The first kappa shape index (κ1) is 22.8. The Kier molecular flexibility index (Phi) is 8.09. The number of halogens is 1. The Hall–Kier alpha value is -2.83. The Balaban J connectivity index is 0.00000272. The molecule has 0 aliphatic heterocycles. The van der Waals surface area contributed by atoms with E-state index in [0.717, 1.165) is 35.0 Å². The molecule has 0 saturated heterocycles. The maximum atomic E-state index is 5.46. The van der Waals surface area contributed by atoms with E-state index >= 15 is 0 Å². The molecule has 0 atom stereocenters. The quantitative estimate of drug-likeness (QED) is 0.301. The summed E-state index contributed by atoms with van der Waals surface area (Å²) in [4.78, 5) is 5.88. The van der Waals surface area contributed by atoms with Gasteiger partial charge >= 0.3 is 0 Å². The van der Waals surface area contributed by atoms with Crippen LogP contribution in [0.2, 0.25) is 0 Å². The molecule has 0 fully saturated rings. The molecule has 4 aromatic rings. The number of hydrogen-bond acceptors (Lipinski definition) is 4. The van der Waals surface area contributed by atoms with Crippen LogP contribution in [0.25, 0.3) is 11.3 Å². The van der Waals surface area contributed by atoms with E-state index in [0.29, 0.717) is 0 Å². The Morgan fingerprint density at radius 1 is 0.839 bits per heavy atom. The van der Waals surface area contributed by atoms with Crippen LogP contribution in [-0.4, -0.2) is 18.8 Å². The molecule has 4 rings (SSSR count). The van der Waals surface area contributed by atoms with E-state index in [1.165, 1.54) is 16.8 Å². The zero-order chi connectivity index (χ0) is 20.8. The predicted octanol–water partition coefficient (Wildman–Crippen LogP) is 6.29. The first-order chi connectivity index (χ1) is 14.8. The van der Waals surface area contributed by atoms with Crippen molar-refractivity contribution in [3.63, 3.8) is 0 Å². The standard InChI is InChI=1S/C25H24N2O2S.BrH/c1-28-23-14-13-19(17-24(23)29-2)15-16-27-22(20-9-5-3-6-10-20)18-30-25(27)26-21-11-7-4-8-12-21;/h3-14,17-18H,15-16H2,1-2H3;1H. The second kappa shape index (κ2) is 11.0. The van der Waals surface area contributed by atoms with Gasteiger partial charge in [0.2, 0.25) is 0 Å². The Labute approximate surface area is 197 Å². The number of hydrogen-bond donors (Lipinski definition) is 0. The number of ether oxygens (including phenoxy) is 2. The molecular formula is C25H25BrN2O2S. The lowest BCUT2D eigenvalue weighted by atomic mass is 10.1. The molecule has 0 aliphatic rings. The molecule has 0 spiro atoms. The van der Waals surface area contributed by atoms with Gasteiger partial charge in [0.15, 0.2) is 16.3 Å². The van der Waals surface area contributed by atoms with Crippen LogP contribution in [0.15, 0.2) is 89.2 Å². The molecule has 31 heavy (non-hydrogen) atoms. The predicted molar refractivity (Wildman–Crippen MR) is 133 cm³/mol. The van der Waals surface area contributed by atoms with Crippen molar-refractivity contribution in [3.05, 3.63) is 94.6 Å². The average molecular weight is 497 g/mol. The second-order valence-corrected chi connectivity index (χ2v) is 7.64. The van der Waals surface area contributed by atoms with Crippen LogP contribution in [-0.2, 0) is 13.0 Å². The Morgan fingerprint density at radius 3 is 2.19 bits per heavy atom. The summed E-state index contributed by atoms with van der Waals surface area (Å²) < 4.78 is 13.1. The molecule has 0 bridgehead atoms. The third-order valence-corrected chi connectivity index (χ3v) is 5.78. The molecule has 4 nitrogen and oxygen atoms in total. The van der Waals surface area contributed by atoms with Gasteiger partial charge in [-0.25, -0.2) is 4.99 Å². The van der Waals surface area contributed by atoms with E-state index in [9.17, 15) is 0 Å². The summed E-state index contributed by atoms with van der Waals surface area (Å²) in [6, 6.07) is 26.6. The van der Waals surface area contributed by atoms with Gasteiger partial charge in [0.25, 0.3) is 0 Å². The van der Waals surface area contributed by atoms with E-state index in [1.54, 1.807) is 25.6 Å². The van der Waals surface area contributed by atoms with Crippen LogP contribution in [0.3, 0.4) is 0 Å². The minimum Gasteiger partial charge on any atom is -0.493 e. The highest BCUT2D eigenvalue weighted by Gasteiger charge is 2.10. The lowest BCUT2D eigenvalue weighted by Crippen LogP contribution is -2.17. The number of rotatable bonds is 7. The topological polar surface area (TPSA) is 35.8 Å². The Morgan fingerprint density at radius 2 is 1.52 bits per heavy atom. The van der Waals surface area contributed by atoms with Crippen LogP contribution in [0.5, 0.6) is 11.5 Å². The molecule has 0 aliphatic carbocycles. The van der Waals surface area contributed by atoms with Crippen molar-refractivity contribution < 1.29 is 9.47 Å². The smallest absolute Gasteiger partial charge is 0.190 e. The molecule has 0 radical (unpaired) electrons. The Bertz CT molecular complexity index is 1170. The molecule has 160 valence electrons. The first-order valence-corrected chi connectivity index (χ1v) is 10.7. The van der Waals surface area contributed by atoms with E-state index in [4.69, 9.17) is 14.5 Å². The number of thiazole rings is 1. The highest BCUT2D eigenvalue weighted by atomic mass is 79.9. The van der Waals surface area contributed by atoms with Gasteiger partial charge in [-0.3, -0.25) is 0 Å². The average Bonchev–Trinajstić information content (AvgIpc) is 3.21. The van der Waals surface area contributed by atoms with Crippen molar-refractivity contribution in [1.29, 1.82) is 0 Å². The van der Waals surface area contributed by atoms with Crippen molar-refractivity contribution >= 4 is 34.0 Å². The maximum Gasteiger partial charge on any atom is 0.190 e. The highest BCUT2D eigenvalue weighted by molar-refractivity contribution is 8.93.